The van der Waals surface area contributed by atoms with Gasteiger partial charge in [0.05, 0.1) is 6.54 Å². The first kappa shape index (κ1) is 19.9. The number of benzene rings is 3. The summed E-state index contributed by atoms with van der Waals surface area (Å²) in [5.74, 6) is 0.790. The summed E-state index contributed by atoms with van der Waals surface area (Å²) in [7, 11) is 0. The topological polar surface area (TPSA) is 76.7 Å². The van der Waals surface area contributed by atoms with Crippen LogP contribution in [-0.2, 0) is 4.79 Å². The van der Waals surface area contributed by atoms with E-state index in [-0.39, 0.29) is 18.4 Å². The first-order valence-electron chi connectivity index (χ1n) is 9.24. The SMILES string of the molecule is O=C(COc1cccc(NC(=O)c2ccccc2)c1)NCCOc1ccccc1. The van der Waals surface area contributed by atoms with Crippen molar-refractivity contribution in [2.24, 2.45) is 0 Å². The first-order valence-corrected chi connectivity index (χ1v) is 9.24. The minimum Gasteiger partial charge on any atom is -0.492 e. The highest BCUT2D eigenvalue weighted by atomic mass is 16.5. The number of hydrogen-bond acceptors (Lipinski definition) is 4. The van der Waals surface area contributed by atoms with Crippen molar-refractivity contribution in [1.29, 1.82) is 0 Å². The molecule has 148 valence electrons. The van der Waals surface area contributed by atoms with Crippen LogP contribution in [0.25, 0.3) is 0 Å². The summed E-state index contributed by atoms with van der Waals surface area (Å²) in [6.45, 7) is 0.627. The van der Waals surface area contributed by atoms with Crippen molar-refractivity contribution in [3.05, 3.63) is 90.5 Å². The average Bonchev–Trinajstić information content (AvgIpc) is 2.77. The Morgan fingerprint density at radius 2 is 1.45 bits per heavy atom. The number of carbonyl (C=O) groups is 2. The summed E-state index contributed by atoms with van der Waals surface area (Å²) < 4.78 is 11.0. The Hall–Kier alpha value is -3.80. The minimum atomic E-state index is -0.250. The van der Waals surface area contributed by atoms with Crippen LogP contribution >= 0.6 is 0 Å². The van der Waals surface area contributed by atoms with Crippen LogP contribution in [0, 0.1) is 0 Å². The van der Waals surface area contributed by atoms with Crippen LogP contribution in [0.15, 0.2) is 84.9 Å². The van der Waals surface area contributed by atoms with Gasteiger partial charge < -0.3 is 20.1 Å². The van der Waals surface area contributed by atoms with Crippen LogP contribution in [0.2, 0.25) is 0 Å². The average molecular weight is 390 g/mol. The number of anilines is 1. The second-order valence-corrected chi connectivity index (χ2v) is 6.15. The van der Waals surface area contributed by atoms with Crippen LogP contribution in [0.1, 0.15) is 10.4 Å². The van der Waals surface area contributed by atoms with E-state index in [0.29, 0.717) is 30.2 Å². The van der Waals surface area contributed by atoms with E-state index in [0.717, 1.165) is 5.75 Å². The maximum absolute atomic E-state index is 12.2. The predicted molar refractivity (Wildman–Crippen MR) is 111 cm³/mol. The molecule has 0 atom stereocenters. The van der Waals surface area contributed by atoms with Gasteiger partial charge in [0.1, 0.15) is 18.1 Å². The summed E-state index contributed by atoms with van der Waals surface area (Å²) in [5, 5.41) is 5.54. The zero-order chi connectivity index (χ0) is 20.3. The van der Waals surface area contributed by atoms with Crippen molar-refractivity contribution in [2.45, 2.75) is 0 Å². The maximum atomic E-state index is 12.2. The fourth-order valence-electron chi connectivity index (χ4n) is 2.53. The summed E-state index contributed by atoms with van der Waals surface area (Å²) in [6, 6.07) is 25.2. The summed E-state index contributed by atoms with van der Waals surface area (Å²) in [6.07, 6.45) is 0. The molecule has 0 heterocycles. The summed E-state index contributed by atoms with van der Waals surface area (Å²) >= 11 is 0. The molecule has 0 aromatic heterocycles. The van der Waals surface area contributed by atoms with E-state index in [1.165, 1.54) is 0 Å². The van der Waals surface area contributed by atoms with Gasteiger partial charge in [-0.3, -0.25) is 9.59 Å². The van der Waals surface area contributed by atoms with Crippen LogP contribution in [-0.4, -0.2) is 31.6 Å². The molecule has 0 bridgehead atoms. The number of ether oxygens (including phenoxy) is 2. The molecule has 0 aliphatic rings. The molecule has 2 N–H and O–H groups in total. The van der Waals surface area contributed by atoms with Crippen molar-refractivity contribution in [2.75, 3.05) is 25.1 Å². The standard InChI is InChI=1S/C23H22N2O4/c26-22(24-14-15-28-20-11-5-2-6-12-20)17-29-21-13-7-10-19(16-21)25-23(27)18-8-3-1-4-9-18/h1-13,16H,14-15,17H2,(H,24,26)(H,25,27). The predicted octanol–water partition coefficient (Wildman–Crippen LogP) is 3.51. The molecular weight excluding hydrogens is 368 g/mol. The molecule has 0 unspecified atom stereocenters. The Balaban J connectivity index is 1.40. The molecule has 0 spiro atoms. The largest absolute Gasteiger partial charge is 0.492 e. The lowest BCUT2D eigenvalue weighted by molar-refractivity contribution is -0.123. The molecular formula is C23H22N2O4. The molecule has 6 nitrogen and oxygen atoms in total. The van der Waals surface area contributed by atoms with Crippen LogP contribution < -0.4 is 20.1 Å². The quantitative estimate of drug-likeness (QED) is 0.548. The Bertz CT molecular complexity index is 930. The van der Waals surface area contributed by atoms with Gasteiger partial charge in [-0.25, -0.2) is 0 Å². The molecule has 3 aromatic rings. The third-order valence-corrected chi connectivity index (χ3v) is 3.93. The van der Waals surface area contributed by atoms with Crippen molar-refractivity contribution in [1.82, 2.24) is 5.32 Å². The molecule has 0 aliphatic heterocycles. The smallest absolute Gasteiger partial charge is 0.258 e. The Morgan fingerprint density at radius 3 is 2.21 bits per heavy atom. The molecule has 29 heavy (non-hydrogen) atoms. The normalized spacial score (nSPS) is 10.1. The highest BCUT2D eigenvalue weighted by Gasteiger charge is 2.07. The van der Waals surface area contributed by atoms with Crippen molar-refractivity contribution >= 4 is 17.5 Å². The van der Waals surface area contributed by atoms with E-state index in [4.69, 9.17) is 9.47 Å². The molecule has 2 amide bonds. The van der Waals surface area contributed by atoms with Crippen molar-refractivity contribution in [3.8, 4) is 11.5 Å². The van der Waals surface area contributed by atoms with Gasteiger partial charge in [0, 0.05) is 17.3 Å². The summed E-state index contributed by atoms with van der Waals surface area (Å²) in [5.41, 5.74) is 1.16. The number of amides is 2. The van der Waals surface area contributed by atoms with Gasteiger partial charge >= 0.3 is 0 Å². The van der Waals surface area contributed by atoms with E-state index >= 15 is 0 Å². The van der Waals surface area contributed by atoms with Crippen molar-refractivity contribution < 1.29 is 19.1 Å². The lowest BCUT2D eigenvalue weighted by atomic mass is 10.2. The fraction of sp³-hybridized carbons (Fsp3) is 0.130. The van der Waals surface area contributed by atoms with E-state index < -0.39 is 0 Å². The molecule has 0 fully saturated rings. The number of carbonyl (C=O) groups excluding carboxylic acids is 2. The Kier molecular flexibility index (Phi) is 7.23. The third-order valence-electron chi connectivity index (χ3n) is 3.93. The van der Waals surface area contributed by atoms with Gasteiger partial charge in [-0.1, -0.05) is 42.5 Å². The molecule has 3 rings (SSSR count). The Labute approximate surface area is 169 Å². The fourth-order valence-corrected chi connectivity index (χ4v) is 2.53. The summed E-state index contributed by atoms with van der Waals surface area (Å²) in [4.78, 5) is 24.1. The zero-order valence-electron chi connectivity index (χ0n) is 15.8. The monoisotopic (exact) mass is 390 g/mol. The van der Waals surface area contributed by atoms with Gasteiger partial charge in [0.25, 0.3) is 11.8 Å². The minimum absolute atomic E-state index is 0.124. The second kappa shape index (κ2) is 10.5. The lowest BCUT2D eigenvalue weighted by Gasteiger charge is -2.10. The van der Waals surface area contributed by atoms with Gasteiger partial charge in [-0.2, -0.15) is 0 Å². The number of hydrogen-bond donors (Lipinski definition) is 2. The number of para-hydroxylation sites is 1. The van der Waals surface area contributed by atoms with Gasteiger partial charge in [0.2, 0.25) is 0 Å². The lowest BCUT2D eigenvalue weighted by Crippen LogP contribution is -2.32. The van der Waals surface area contributed by atoms with E-state index in [1.54, 1.807) is 48.5 Å². The van der Waals surface area contributed by atoms with E-state index in [1.807, 2.05) is 36.4 Å². The molecule has 0 radical (unpaired) electrons. The van der Waals surface area contributed by atoms with Gasteiger partial charge in [0.15, 0.2) is 6.61 Å². The van der Waals surface area contributed by atoms with Gasteiger partial charge in [-0.15, -0.1) is 0 Å². The molecule has 6 heteroatoms. The maximum Gasteiger partial charge on any atom is 0.258 e. The first-order chi connectivity index (χ1) is 14.2. The molecule has 3 aromatic carbocycles. The van der Waals surface area contributed by atoms with Crippen LogP contribution in [0.5, 0.6) is 11.5 Å². The van der Waals surface area contributed by atoms with E-state index in [9.17, 15) is 9.59 Å². The number of nitrogens with one attached hydrogen (secondary N) is 2. The van der Waals surface area contributed by atoms with Crippen molar-refractivity contribution in [3.63, 3.8) is 0 Å². The van der Waals surface area contributed by atoms with E-state index in [2.05, 4.69) is 10.6 Å². The van der Waals surface area contributed by atoms with Crippen LogP contribution in [0.3, 0.4) is 0 Å². The highest BCUT2D eigenvalue weighted by Crippen LogP contribution is 2.18. The highest BCUT2D eigenvalue weighted by molar-refractivity contribution is 6.04. The van der Waals surface area contributed by atoms with Crippen LogP contribution in [0.4, 0.5) is 5.69 Å². The third kappa shape index (κ3) is 6.70. The van der Waals surface area contributed by atoms with Gasteiger partial charge in [-0.05, 0) is 36.4 Å². The molecule has 0 aliphatic carbocycles. The Morgan fingerprint density at radius 1 is 0.759 bits per heavy atom. The molecule has 0 saturated carbocycles. The number of rotatable bonds is 9. The molecule has 0 saturated heterocycles. The zero-order valence-corrected chi connectivity index (χ0v) is 15.8. The second-order valence-electron chi connectivity index (χ2n) is 6.15.